The summed E-state index contributed by atoms with van der Waals surface area (Å²) in [4.78, 5) is 27.8. The van der Waals surface area contributed by atoms with E-state index >= 15 is 0 Å². The average molecular weight is 369 g/mol. The summed E-state index contributed by atoms with van der Waals surface area (Å²) in [6.45, 7) is 8.57. The third-order valence-corrected chi connectivity index (χ3v) is 4.90. The quantitative estimate of drug-likeness (QED) is 0.779. The molecule has 27 heavy (non-hydrogen) atoms. The molecule has 1 aliphatic heterocycles. The van der Waals surface area contributed by atoms with E-state index in [4.69, 9.17) is 4.74 Å². The summed E-state index contributed by atoms with van der Waals surface area (Å²) in [6.07, 6.45) is 1.67. The van der Waals surface area contributed by atoms with Crippen LogP contribution >= 0.6 is 0 Å². The normalized spacial score (nSPS) is 14.2. The molecule has 0 aliphatic carbocycles. The molecule has 0 spiro atoms. The van der Waals surface area contributed by atoms with Gasteiger partial charge in [-0.3, -0.25) is 4.79 Å². The van der Waals surface area contributed by atoms with Crippen LogP contribution in [0.25, 0.3) is 0 Å². The molecule has 7 heteroatoms. The number of rotatable bonds is 6. The fourth-order valence-electron chi connectivity index (χ4n) is 3.33. The lowest BCUT2D eigenvalue weighted by Crippen LogP contribution is -2.49. The van der Waals surface area contributed by atoms with Crippen LogP contribution in [0.2, 0.25) is 0 Å². The van der Waals surface area contributed by atoms with Gasteiger partial charge in [-0.25, -0.2) is 9.97 Å². The molecule has 1 fully saturated rings. The highest BCUT2D eigenvalue weighted by Crippen LogP contribution is 2.28. The number of carbonyl (C=O) groups excluding carboxylic acids is 1. The zero-order valence-corrected chi connectivity index (χ0v) is 16.3. The maximum Gasteiger partial charge on any atom is 0.272 e. The van der Waals surface area contributed by atoms with Crippen molar-refractivity contribution < 1.29 is 9.53 Å². The molecule has 0 saturated carbocycles. The molecular weight excluding hydrogens is 342 g/mol. The Morgan fingerprint density at radius 2 is 1.81 bits per heavy atom. The molecule has 1 aromatic heterocycles. The summed E-state index contributed by atoms with van der Waals surface area (Å²) < 4.78 is 5.46. The van der Waals surface area contributed by atoms with Gasteiger partial charge in [-0.2, -0.15) is 0 Å². The number of aromatic nitrogens is 2. The number of para-hydroxylation sites is 2. The minimum absolute atomic E-state index is 0.0366. The van der Waals surface area contributed by atoms with Crippen molar-refractivity contribution in [2.24, 2.45) is 0 Å². The van der Waals surface area contributed by atoms with Crippen LogP contribution < -0.4 is 14.5 Å². The third kappa shape index (κ3) is 4.13. The van der Waals surface area contributed by atoms with Gasteiger partial charge < -0.3 is 19.4 Å². The number of ether oxygens (including phenoxy) is 1. The first-order valence-electron chi connectivity index (χ1n) is 9.43. The molecular formula is C20H27N5O2. The zero-order chi connectivity index (χ0) is 19.2. The van der Waals surface area contributed by atoms with Crippen molar-refractivity contribution in [3.8, 4) is 5.75 Å². The summed E-state index contributed by atoms with van der Waals surface area (Å²) in [5, 5.41) is 0. The van der Waals surface area contributed by atoms with Crippen molar-refractivity contribution in [1.29, 1.82) is 0 Å². The van der Waals surface area contributed by atoms with Crippen LogP contribution in [0.3, 0.4) is 0 Å². The first-order chi connectivity index (χ1) is 13.2. The van der Waals surface area contributed by atoms with E-state index in [0.29, 0.717) is 24.7 Å². The number of carbonyl (C=O) groups is 1. The van der Waals surface area contributed by atoms with Gasteiger partial charge in [0, 0.05) is 45.5 Å². The van der Waals surface area contributed by atoms with Crippen molar-refractivity contribution in [2.45, 2.75) is 13.8 Å². The van der Waals surface area contributed by atoms with Gasteiger partial charge in [-0.05, 0) is 32.0 Å². The van der Waals surface area contributed by atoms with Gasteiger partial charge in [0.1, 0.15) is 11.4 Å². The molecule has 0 bridgehead atoms. The maximum atomic E-state index is 12.9. The van der Waals surface area contributed by atoms with E-state index in [-0.39, 0.29) is 5.91 Å². The van der Waals surface area contributed by atoms with Gasteiger partial charge in [0.05, 0.1) is 12.8 Å². The second-order valence-corrected chi connectivity index (χ2v) is 6.37. The van der Waals surface area contributed by atoms with Crippen molar-refractivity contribution in [3.05, 3.63) is 42.2 Å². The molecule has 1 amide bonds. The smallest absolute Gasteiger partial charge is 0.272 e. The second-order valence-electron chi connectivity index (χ2n) is 6.37. The zero-order valence-electron chi connectivity index (χ0n) is 16.3. The largest absolute Gasteiger partial charge is 0.495 e. The van der Waals surface area contributed by atoms with Gasteiger partial charge in [0.15, 0.2) is 0 Å². The highest BCUT2D eigenvalue weighted by molar-refractivity contribution is 5.92. The molecule has 0 radical (unpaired) electrons. The van der Waals surface area contributed by atoms with E-state index in [1.807, 2.05) is 28.0 Å². The summed E-state index contributed by atoms with van der Waals surface area (Å²) in [7, 11) is 1.68. The van der Waals surface area contributed by atoms with Gasteiger partial charge in [0.25, 0.3) is 5.91 Å². The lowest BCUT2D eigenvalue weighted by atomic mass is 10.2. The highest BCUT2D eigenvalue weighted by Gasteiger charge is 2.25. The van der Waals surface area contributed by atoms with E-state index in [1.165, 1.54) is 0 Å². The molecule has 0 unspecified atom stereocenters. The molecule has 2 aromatic rings. The lowest BCUT2D eigenvalue weighted by molar-refractivity contribution is 0.0740. The van der Waals surface area contributed by atoms with Crippen molar-refractivity contribution in [3.63, 3.8) is 0 Å². The summed E-state index contributed by atoms with van der Waals surface area (Å²) in [6, 6.07) is 9.68. The number of anilines is 2. The molecule has 2 heterocycles. The molecule has 7 nitrogen and oxygen atoms in total. The van der Waals surface area contributed by atoms with Crippen molar-refractivity contribution in [2.75, 3.05) is 56.2 Å². The van der Waals surface area contributed by atoms with Crippen LogP contribution in [-0.4, -0.2) is 67.2 Å². The number of piperazine rings is 1. The molecule has 144 valence electrons. The molecule has 3 rings (SSSR count). The predicted molar refractivity (Wildman–Crippen MR) is 107 cm³/mol. The second kappa shape index (κ2) is 8.70. The summed E-state index contributed by atoms with van der Waals surface area (Å²) in [5.41, 5.74) is 1.52. The first-order valence-corrected chi connectivity index (χ1v) is 9.43. The van der Waals surface area contributed by atoms with E-state index in [0.717, 1.165) is 37.6 Å². The van der Waals surface area contributed by atoms with Gasteiger partial charge in [-0.1, -0.05) is 12.1 Å². The Kier molecular flexibility index (Phi) is 6.11. The number of amides is 1. The molecule has 0 N–H and O–H groups in total. The monoisotopic (exact) mass is 369 g/mol. The molecule has 1 saturated heterocycles. The topological polar surface area (TPSA) is 61.8 Å². The van der Waals surface area contributed by atoms with Crippen LogP contribution in [0.15, 0.2) is 36.5 Å². The number of benzene rings is 1. The minimum atomic E-state index is -0.0366. The number of methoxy groups -OCH3 is 1. The van der Waals surface area contributed by atoms with E-state index in [2.05, 4.69) is 34.8 Å². The molecule has 0 atom stereocenters. The Hall–Kier alpha value is -2.83. The fourth-order valence-corrected chi connectivity index (χ4v) is 3.33. The van der Waals surface area contributed by atoms with E-state index in [9.17, 15) is 4.79 Å². The Morgan fingerprint density at radius 1 is 1.11 bits per heavy atom. The Morgan fingerprint density at radius 3 is 2.48 bits per heavy atom. The lowest BCUT2D eigenvalue weighted by Gasteiger charge is -2.36. The van der Waals surface area contributed by atoms with Gasteiger partial charge in [-0.15, -0.1) is 0 Å². The highest BCUT2D eigenvalue weighted by atomic mass is 16.5. The minimum Gasteiger partial charge on any atom is -0.495 e. The van der Waals surface area contributed by atoms with Crippen LogP contribution in [0, 0.1) is 0 Å². The Balaban J connectivity index is 1.67. The van der Waals surface area contributed by atoms with Crippen molar-refractivity contribution >= 4 is 17.5 Å². The van der Waals surface area contributed by atoms with Gasteiger partial charge in [0.2, 0.25) is 5.95 Å². The SMILES string of the molecule is CCN(CC)c1nccc(C(=O)N2CCN(c3ccccc3OC)CC2)n1. The molecule has 1 aromatic carbocycles. The third-order valence-electron chi connectivity index (χ3n) is 4.90. The van der Waals surface area contributed by atoms with Crippen LogP contribution in [0.4, 0.5) is 11.6 Å². The standard InChI is InChI=1S/C20H27N5O2/c1-4-23(5-2)20-21-11-10-16(22-20)19(26)25-14-12-24(13-15-25)17-8-6-7-9-18(17)27-3/h6-11H,4-5,12-15H2,1-3H3. The number of nitrogens with zero attached hydrogens (tertiary/aromatic N) is 5. The van der Waals surface area contributed by atoms with Crippen molar-refractivity contribution in [1.82, 2.24) is 14.9 Å². The van der Waals surface area contributed by atoms with Crippen LogP contribution in [0.1, 0.15) is 24.3 Å². The Labute approximate surface area is 160 Å². The predicted octanol–water partition coefficient (Wildman–Crippen LogP) is 2.29. The van der Waals surface area contributed by atoms with Crippen LogP contribution in [0.5, 0.6) is 5.75 Å². The van der Waals surface area contributed by atoms with Crippen LogP contribution in [-0.2, 0) is 0 Å². The number of hydrogen-bond donors (Lipinski definition) is 0. The number of hydrogen-bond acceptors (Lipinski definition) is 6. The summed E-state index contributed by atoms with van der Waals surface area (Å²) in [5.74, 6) is 1.43. The first kappa shape index (κ1) is 18.9. The fraction of sp³-hybridized carbons (Fsp3) is 0.450. The molecule has 1 aliphatic rings. The maximum absolute atomic E-state index is 12.9. The van der Waals surface area contributed by atoms with Gasteiger partial charge >= 0.3 is 0 Å². The van der Waals surface area contributed by atoms with E-state index < -0.39 is 0 Å². The average Bonchev–Trinajstić information content (AvgIpc) is 2.74. The Bertz CT molecular complexity index is 770. The summed E-state index contributed by atoms with van der Waals surface area (Å²) >= 11 is 0. The van der Waals surface area contributed by atoms with E-state index in [1.54, 1.807) is 19.4 Å².